The summed E-state index contributed by atoms with van der Waals surface area (Å²) in [5.74, 6) is 0. The summed E-state index contributed by atoms with van der Waals surface area (Å²) in [6, 6.07) is 0. The predicted molar refractivity (Wildman–Crippen MR) is 36.0 cm³/mol. The summed E-state index contributed by atoms with van der Waals surface area (Å²) in [4.78, 5) is 0. The van der Waals surface area contributed by atoms with Crippen LogP contribution in [0, 0.1) is 10.8 Å². The van der Waals surface area contributed by atoms with Gasteiger partial charge in [0.05, 0.1) is 5.71 Å². The monoisotopic (exact) mass is 112 g/mol. The molecule has 0 aromatic rings. The normalized spacial score (nSPS) is 8.75. The van der Waals surface area contributed by atoms with E-state index in [2.05, 4.69) is 0 Å². The molecule has 2 heteroatoms. The van der Waals surface area contributed by atoms with Gasteiger partial charge in [-0.25, -0.2) is 0 Å². The standard InChI is InChI=1S/C6H12N2/c1-3-4-6(8)5(2)7/h7-8H,3-4H2,1-2H3. The summed E-state index contributed by atoms with van der Waals surface area (Å²) < 4.78 is 0. The van der Waals surface area contributed by atoms with Crippen molar-refractivity contribution >= 4 is 11.4 Å². The van der Waals surface area contributed by atoms with Gasteiger partial charge in [-0.2, -0.15) is 0 Å². The van der Waals surface area contributed by atoms with Crippen LogP contribution in [0.2, 0.25) is 0 Å². The van der Waals surface area contributed by atoms with Crippen LogP contribution < -0.4 is 0 Å². The van der Waals surface area contributed by atoms with Gasteiger partial charge in [0.15, 0.2) is 0 Å². The molecule has 0 amide bonds. The first-order chi connectivity index (χ1) is 3.68. The zero-order chi connectivity index (χ0) is 6.57. The number of nitrogens with one attached hydrogen (secondary N) is 2. The molecule has 0 fully saturated rings. The first-order valence-corrected chi connectivity index (χ1v) is 2.81. The highest BCUT2D eigenvalue weighted by Gasteiger charge is 1.94. The highest BCUT2D eigenvalue weighted by Crippen LogP contribution is 1.89. The SMILES string of the molecule is CCCC(=N)C(C)=N. The molecular formula is C6H12N2. The lowest BCUT2D eigenvalue weighted by molar-refractivity contribution is 0.992. The minimum absolute atomic E-state index is 0.395. The molecule has 0 aromatic carbocycles. The largest absolute Gasteiger partial charge is 0.304 e. The van der Waals surface area contributed by atoms with Crippen LogP contribution in [0.5, 0.6) is 0 Å². The van der Waals surface area contributed by atoms with E-state index in [0.717, 1.165) is 12.8 Å². The smallest absolute Gasteiger partial charge is 0.0518 e. The molecule has 0 aromatic heterocycles. The Morgan fingerprint density at radius 3 is 2.00 bits per heavy atom. The van der Waals surface area contributed by atoms with Gasteiger partial charge in [-0.1, -0.05) is 13.3 Å². The second kappa shape index (κ2) is 3.36. The van der Waals surface area contributed by atoms with Crippen molar-refractivity contribution in [3.05, 3.63) is 0 Å². The summed E-state index contributed by atoms with van der Waals surface area (Å²) in [6.07, 6.45) is 1.71. The van der Waals surface area contributed by atoms with Gasteiger partial charge in [0.2, 0.25) is 0 Å². The van der Waals surface area contributed by atoms with Gasteiger partial charge in [-0.15, -0.1) is 0 Å². The third-order valence-corrected chi connectivity index (χ3v) is 0.953. The predicted octanol–water partition coefficient (Wildman–Crippen LogP) is 1.85. The minimum atomic E-state index is 0.395. The summed E-state index contributed by atoms with van der Waals surface area (Å²) in [7, 11) is 0. The molecular weight excluding hydrogens is 100 g/mol. The van der Waals surface area contributed by atoms with Crippen molar-refractivity contribution in [3.8, 4) is 0 Å². The highest BCUT2D eigenvalue weighted by atomic mass is 14.5. The molecule has 0 saturated heterocycles. The number of rotatable bonds is 3. The number of hydrogen-bond donors (Lipinski definition) is 2. The van der Waals surface area contributed by atoms with Crippen LogP contribution in [0.25, 0.3) is 0 Å². The Hall–Kier alpha value is -0.660. The van der Waals surface area contributed by atoms with Gasteiger partial charge < -0.3 is 10.8 Å². The molecule has 0 aliphatic rings. The van der Waals surface area contributed by atoms with Gasteiger partial charge in [0, 0.05) is 5.71 Å². The second-order valence-corrected chi connectivity index (χ2v) is 1.85. The fourth-order valence-electron chi connectivity index (χ4n) is 0.437. The maximum Gasteiger partial charge on any atom is 0.0518 e. The fraction of sp³-hybridized carbons (Fsp3) is 0.667. The van der Waals surface area contributed by atoms with E-state index in [9.17, 15) is 0 Å². The Labute approximate surface area is 49.9 Å². The van der Waals surface area contributed by atoms with E-state index >= 15 is 0 Å². The Kier molecular flexibility index (Phi) is 3.08. The molecule has 2 nitrogen and oxygen atoms in total. The Morgan fingerprint density at radius 2 is 1.88 bits per heavy atom. The molecule has 0 bridgehead atoms. The van der Waals surface area contributed by atoms with E-state index in [-0.39, 0.29) is 0 Å². The summed E-state index contributed by atoms with van der Waals surface area (Å²) >= 11 is 0. The average molecular weight is 112 g/mol. The molecule has 0 radical (unpaired) electrons. The van der Waals surface area contributed by atoms with Gasteiger partial charge in [-0.05, 0) is 13.3 Å². The molecule has 0 atom stereocenters. The second-order valence-electron chi connectivity index (χ2n) is 1.85. The van der Waals surface area contributed by atoms with Crippen molar-refractivity contribution in [2.24, 2.45) is 0 Å². The molecule has 46 valence electrons. The van der Waals surface area contributed by atoms with Crippen LogP contribution in [0.4, 0.5) is 0 Å². The van der Waals surface area contributed by atoms with Gasteiger partial charge >= 0.3 is 0 Å². The Bertz CT molecular complexity index is 105. The molecule has 0 aliphatic carbocycles. The third-order valence-electron chi connectivity index (χ3n) is 0.953. The van der Waals surface area contributed by atoms with E-state index in [1.54, 1.807) is 6.92 Å². The van der Waals surface area contributed by atoms with Crippen molar-refractivity contribution in [1.29, 1.82) is 10.8 Å². The molecule has 0 saturated carbocycles. The summed E-state index contributed by atoms with van der Waals surface area (Å²) in [6.45, 7) is 3.66. The lowest BCUT2D eigenvalue weighted by Crippen LogP contribution is -2.05. The van der Waals surface area contributed by atoms with Crippen LogP contribution in [0.3, 0.4) is 0 Å². The summed E-state index contributed by atoms with van der Waals surface area (Å²) in [5, 5.41) is 14.1. The molecule has 0 rings (SSSR count). The minimum Gasteiger partial charge on any atom is -0.304 e. The van der Waals surface area contributed by atoms with Crippen LogP contribution in [-0.4, -0.2) is 11.4 Å². The maximum atomic E-state index is 7.12. The number of hydrogen-bond acceptors (Lipinski definition) is 2. The lowest BCUT2D eigenvalue weighted by Gasteiger charge is -1.94. The van der Waals surface area contributed by atoms with Gasteiger partial charge in [0.25, 0.3) is 0 Å². The van der Waals surface area contributed by atoms with Crippen molar-refractivity contribution in [3.63, 3.8) is 0 Å². The van der Waals surface area contributed by atoms with E-state index in [1.807, 2.05) is 6.92 Å². The van der Waals surface area contributed by atoms with E-state index in [4.69, 9.17) is 10.8 Å². The lowest BCUT2D eigenvalue weighted by atomic mass is 10.1. The van der Waals surface area contributed by atoms with Crippen molar-refractivity contribution in [1.82, 2.24) is 0 Å². The molecule has 0 spiro atoms. The molecule has 0 heterocycles. The molecule has 0 unspecified atom stereocenters. The highest BCUT2D eigenvalue weighted by molar-refractivity contribution is 6.38. The van der Waals surface area contributed by atoms with Gasteiger partial charge in [0.1, 0.15) is 0 Å². The first-order valence-electron chi connectivity index (χ1n) is 2.81. The van der Waals surface area contributed by atoms with Crippen molar-refractivity contribution < 1.29 is 0 Å². The average Bonchev–Trinajstić information content (AvgIpc) is 1.67. The topological polar surface area (TPSA) is 47.7 Å². The Balaban J connectivity index is 3.49. The van der Waals surface area contributed by atoms with Crippen molar-refractivity contribution in [2.45, 2.75) is 26.7 Å². The van der Waals surface area contributed by atoms with E-state index in [0.29, 0.717) is 11.4 Å². The zero-order valence-electron chi connectivity index (χ0n) is 5.41. The molecule has 2 N–H and O–H groups in total. The third kappa shape index (κ3) is 2.50. The Morgan fingerprint density at radius 1 is 1.38 bits per heavy atom. The quantitative estimate of drug-likeness (QED) is 0.523. The summed E-state index contributed by atoms with van der Waals surface area (Å²) in [5.41, 5.74) is 0.861. The van der Waals surface area contributed by atoms with Crippen LogP contribution in [0.1, 0.15) is 26.7 Å². The van der Waals surface area contributed by atoms with Crippen LogP contribution >= 0.6 is 0 Å². The molecule has 8 heavy (non-hydrogen) atoms. The maximum absolute atomic E-state index is 7.12. The van der Waals surface area contributed by atoms with Crippen LogP contribution in [0.15, 0.2) is 0 Å². The molecule has 0 aliphatic heterocycles. The van der Waals surface area contributed by atoms with Gasteiger partial charge in [-0.3, -0.25) is 0 Å². The van der Waals surface area contributed by atoms with Crippen molar-refractivity contribution in [2.75, 3.05) is 0 Å². The van der Waals surface area contributed by atoms with Crippen LogP contribution in [-0.2, 0) is 0 Å². The van der Waals surface area contributed by atoms with E-state index < -0.39 is 0 Å². The fourth-order valence-corrected chi connectivity index (χ4v) is 0.437. The first kappa shape index (κ1) is 7.34. The zero-order valence-corrected chi connectivity index (χ0v) is 5.41. The van der Waals surface area contributed by atoms with E-state index in [1.165, 1.54) is 0 Å².